The maximum Gasteiger partial charge on any atom is 0.132 e. The number of fused-ring (bicyclic) bond motifs is 11. The lowest BCUT2D eigenvalue weighted by Gasteiger charge is -2.40. The van der Waals surface area contributed by atoms with Crippen LogP contribution in [0, 0.1) is 0 Å². The van der Waals surface area contributed by atoms with Crippen LogP contribution in [-0.4, -0.2) is 0 Å². The van der Waals surface area contributed by atoms with Crippen LogP contribution in [0.25, 0.3) is 32.7 Å². The van der Waals surface area contributed by atoms with Gasteiger partial charge in [-0.05, 0) is 94.2 Å². The zero-order valence-corrected chi connectivity index (χ0v) is 32.7. The Morgan fingerprint density at radius 1 is 0.317 bits per heavy atom. The van der Waals surface area contributed by atoms with Crippen LogP contribution < -0.4 is 14.5 Å². The molecule has 0 radical (unpaired) electrons. The largest absolute Gasteiger partial charge is 0.457 e. The second-order valence-electron chi connectivity index (χ2n) is 15.6. The van der Waals surface area contributed by atoms with E-state index in [-0.39, 0.29) is 0 Å². The maximum atomic E-state index is 6.95. The van der Waals surface area contributed by atoms with Crippen molar-refractivity contribution in [2.24, 2.45) is 0 Å². The molecule has 0 N–H and O–H groups in total. The van der Waals surface area contributed by atoms with Crippen molar-refractivity contribution >= 4 is 55.7 Å². The number of rotatable bonds is 6. The molecule has 1 spiro atoms. The fourth-order valence-corrected chi connectivity index (χ4v) is 10.0. The highest BCUT2D eigenvalue weighted by atomic mass is 16.5. The van der Waals surface area contributed by atoms with E-state index in [1.807, 2.05) is 0 Å². The molecular formula is C57H38N2O. The zero-order valence-electron chi connectivity index (χ0n) is 32.7. The van der Waals surface area contributed by atoms with Gasteiger partial charge in [0.15, 0.2) is 0 Å². The number of nitrogens with zero attached hydrogens (tertiary/aromatic N) is 2. The summed E-state index contributed by atoms with van der Waals surface area (Å²) < 4.78 is 6.95. The first kappa shape index (κ1) is 34.2. The van der Waals surface area contributed by atoms with Gasteiger partial charge in [0.1, 0.15) is 11.5 Å². The molecule has 12 rings (SSSR count). The molecule has 2 aliphatic rings. The van der Waals surface area contributed by atoms with Crippen LogP contribution in [0.4, 0.5) is 34.1 Å². The summed E-state index contributed by atoms with van der Waals surface area (Å²) >= 11 is 0. The lowest BCUT2D eigenvalue weighted by atomic mass is 9.66. The van der Waals surface area contributed by atoms with Crippen molar-refractivity contribution in [1.82, 2.24) is 0 Å². The highest BCUT2D eigenvalue weighted by Crippen LogP contribution is 2.64. The van der Waals surface area contributed by atoms with Crippen LogP contribution in [0.2, 0.25) is 0 Å². The van der Waals surface area contributed by atoms with Crippen LogP contribution in [0.15, 0.2) is 231 Å². The minimum atomic E-state index is -0.690. The summed E-state index contributed by atoms with van der Waals surface area (Å²) in [7, 11) is 0. The molecular weight excluding hydrogens is 729 g/mol. The van der Waals surface area contributed by atoms with Crippen LogP contribution in [-0.2, 0) is 5.41 Å². The normalized spacial score (nSPS) is 14.5. The first-order valence-corrected chi connectivity index (χ1v) is 20.6. The molecule has 0 bridgehead atoms. The van der Waals surface area contributed by atoms with Gasteiger partial charge in [-0.1, -0.05) is 164 Å². The smallest absolute Gasteiger partial charge is 0.132 e. The molecule has 1 atom stereocenters. The van der Waals surface area contributed by atoms with E-state index in [2.05, 4.69) is 240 Å². The molecule has 3 nitrogen and oxygen atoms in total. The lowest BCUT2D eigenvalue weighted by molar-refractivity contribution is 0.436. The maximum absolute atomic E-state index is 6.95. The highest BCUT2D eigenvalue weighted by Gasteiger charge is 2.52. The van der Waals surface area contributed by atoms with Gasteiger partial charge in [0.05, 0.1) is 22.5 Å². The van der Waals surface area contributed by atoms with Gasteiger partial charge in [0, 0.05) is 44.5 Å². The molecule has 3 heteroatoms. The Morgan fingerprint density at radius 3 is 1.53 bits per heavy atom. The molecule has 0 fully saturated rings. The molecule has 1 aliphatic heterocycles. The Kier molecular flexibility index (Phi) is 7.76. The van der Waals surface area contributed by atoms with E-state index >= 15 is 0 Å². The Bertz CT molecular complexity index is 3260. The van der Waals surface area contributed by atoms with Crippen molar-refractivity contribution < 1.29 is 4.74 Å². The highest BCUT2D eigenvalue weighted by molar-refractivity contribution is 6.04. The predicted molar refractivity (Wildman–Crippen MR) is 248 cm³/mol. The van der Waals surface area contributed by atoms with E-state index in [4.69, 9.17) is 4.74 Å². The van der Waals surface area contributed by atoms with Gasteiger partial charge in [-0.3, -0.25) is 0 Å². The van der Waals surface area contributed by atoms with E-state index < -0.39 is 5.41 Å². The molecule has 0 amide bonds. The van der Waals surface area contributed by atoms with Crippen LogP contribution >= 0.6 is 0 Å². The fraction of sp³-hybridized carbons (Fsp3) is 0.0175. The molecule has 1 aliphatic carbocycles. The van der Waals surface area contributed by atoms with E-state index in [1.54, 1.807) is 0 Å². The SMILES string of the molecule is c1ccc(N(c2ccc3c(c2)C2(c4ccccc4O3)c3ccccc3-c3c(N(c4ccccc4)c4cccc5ccccc45)cccc32)c2cccc3ccccc23)cc1. The van der Waals surface area contributed by atoms with Crippen LogP contribution in [0.3, 0.4) is 0 Å². The predicted octanol–water partition coefficient (Wildman–Crippen LogP) is 15.4. The summed E-state index contributed by atoms with van der Waals surface area (Å²) in [5.41, 5.74) is 13.1. The second kappa shape index (κ2) is 13.6. The Balaban J connectivity index is 1.16. The van der Waals surface area contributed by atoms with E-state index in [9.17, 15) is 0 Å². The number of hydrogen-bond donors (Lipinski definition) is 0. The summed E-state index contributed by atoms with van der Waals surface area (Å²) in [6, 6.07) is 83.4. The first-order chi connectivity index (χ1) is 29.8. The summed E-state index contributed by atoms with van der Waals surface area (Å²) in [6.07, 6.45) is 0. The van der Waals surface area contributed by atoms with Gasteiger partial charge in [-0.2, -0.15) is 0 Å². The van der Waals surface area contributed by atoms with Crippen molar-refractivity contribution in [1.29, 1.82) is 0 Å². The lowest BCUT2D eigenvalue weighted by Crippen LogP contribution is -2.32. The van der Waals surface area contributed by atoms with Gasteiger partial charge in [-0.15, -0.1) is 0 Å². The van der Waals surface area contributed by atoms with Crippen molar-refractivity contribution in [2.75, 3.05) is 9.80 Å². The average molecular weight is 767 g/mol. The van der Waals surface area contributed by atoms with E-state index in [0.29, 0.717) is 0 Å². The summed E-state index contributed by atoms with van der Waals surface area (Å²) in [6.45, 7) is 0. The summed E-state index contributed by atoms with van der Waals surface area (Å²) in [4.78, 5) is 4.85. The molecule has 60 heavy (non-hydrogen) atoms. The molecule has 282 valence electrons. The fourth-order valence-electron chi connectivity index (χ4n) is 10.0. The van der Waals surface area contributed by atoms with E-state index in [1.165, 1.54) is 43.8 Å². The van der Waals surface area contributed by atoms with Gasteiger partial charge in [0.2, 0.25) is 0 Å². The number of anilines is 6. The zero-order chi connectivity index (χ0) is 39.6. The Hall–Kier alpha value is -7.88. The molecule has 0 saturated carbocycles. The number of para-hydroxylation sites is 3. The molecule has 1 heterocycles. The first-order valence-electron chi connectivity index (χ1n) is 20.6. The van der Waals surface area contributed by atoms with Crippen molar-refractivity contribution in [3.8, 4) is 22.6 Å². The second-order valence-corrected chi connectivity index (χ2v) is 15.6. The molecule has 0 aromatic heterocycles. The number of benzene rings is 10. The standard InChI is InChI=1S/C57H38N2O/c1-3-22-41(23-4-1)58(51-32-15-20-39-18-7-9-26-44(39)51)43-36-37-55-50(38-43)57(48-30-13-14-35-54(48)60-55)47-29-12-11-28-46(47)56-49(57)31-17-34-53(56)59(42-24-5-2-6-25-42)52-33-16-21-40-19-8-10-27-45(40)52/h1-38H. The minimum Gasteiger partial charge on any atom is -0.457 e. The Morgan fingerprint density at radius 2 is 0.817 bits per heavy atom. The number of hydrogen-bond acceptors (Lipinski definition) is 3. The number of ether oxygens (including phenoxy) is 1. The average Bonchev–Trinajstić information content (AvgIpc) is 3.61. The van der Waals surface area contributed by atoms with Crippen molar-refractivity contribution in [3.63, 3.8) is 0 Å². The van der Waals surface area contributed by atoms with Crippen LogP contribution in [0.5, 0.6) is 11.5 Å². The quantitative estimate of drug-likeness (QED) is 0.168. The van der Waals surface area contributed by atoms with Gasteiger partial charge >= 0.3 is 0 Å². The summed E-state index contributed by atoms with van der Waals surface area (Å²) in [5.74, 6) is 1.72. The third-order valence-corrected chi connectivity index (χ3v) is 12.5. The third kappa shape index (κ3) is 5.03. The molecule has 10 aromatic rings. The summed E-state index contributed by atoms with van der Waals surface area (Å²) in [5, 5.41) is 4.79. The third-order valence-electron chi connectivity index (χ3n) is 12.5. The Labute approximate surface area is 349 Å². The van der Waals surface area contributed by atoms with Gasteiger partial charge < -0.3 is 14.5 Å². The van der Waals surface area contributed by atoms with Crippen molar-refractivity contribution in [3.05, 3.63) is 253 Å². The molecule has 1 unspecified atom stereocenters. The molecule has 0 saturated heterocycles. The molecule has 10 aromatic carbocycles. The minimum absolute atomic E-state index is 0.690. The van der Waals surface area contributed by atoms with Crippen LogP contribution in [0.1, 0.15) is 22.3 Å². The van der Waals surface area contributed by atoms with Gasteiger partial charge in [-0.25, -0.2) is 0 Å². The topological polar surface area (TPSA) is 15.7 Å². The monoisotopic (exact) mass is 766 g/mol. The van der Waals surface area contributed by atoms with Gasteiger partial charge in [0.25, 0.3) is 0 Å². The van der Waals surface area contributed by atoms with E-state index in [0.717, 1.165) is 56.8 Å². The van der Waals surface area contributed by atoms with Crippen molar-refractivity contribution in [2.45, 2.75) is 5.41 Å².